The summed E-state index contributed by atoms with van der Waals surface area (Å²) in [5.74, 6) is 3.07. The van der Waals surface area contributed by atoms with Gasteiger partial charge >= 0.3 is 6.09 Å². The number of hydrogen-bond acceptors (Lipinski definition) is 6. The van der Waals surface area contributed by atoms with Gasteiger partial charge in [-0.25, -0.2) is 9.78 Å². The van der Waals surface area contributed by atoms with E-state index in [0.717, 1.165) is 58.0 Å². The molecule has 3 heterocycles. The lowest BCUT2D eigenvalue weighted by atomic mass is 9.78. The highest BCUT2D eigenvalue weighted by atomic mass is 35.5. The molecule has 3 fully saturated rings. The zero-order chi connectivity index (χ0) is 22.7. The van der Waals surface area contributed by atoms with Crippen molar-refractivity contribution in [3.8, 4) is 12.3 Å². The minimum atomic E-state index is -0.669. The number of terminal acetylenes is 1. The van der Waals surface area contributed by atoms with Crippen LogP contribution in [0.1, 0.15) is 44.9 Å². The highest BCUT2D eigenvalue weighted by Gasteiger charge is 2.51. The summed E-state index contributed by atoms with van der Waals surface area (Å²) in [6.07, 6.45) is 11.6. The van der Waals surface area contributed by atoms with E-state index in [-0.39, 0.29) is 24.7 Å². The third-order valence-electron chi connectivity index (χ3n) is 6.88. The van der Waals surface area contributed by atoms with E-state index in [9.17, 15) is 14.7 Å². The molecule has 4 rings (SSSR count). The maximum Gasteiger partial charge on any atom is 0.412 e. The van der Waals surface area contributed by atoms with Crippen molar-refractivity contribution < 1.29 is 19.4 Å². The van der Waals surface area contributed by atoms with Crippen LogP contribution in [0.2, 0.25) is 5.02 Å². The van der Waals surface area contributed by atoms with Crippen LogP contribution in [0.3, 0.4) is 0 Å². The number of aromatic nitrogens is 1. The Labute approximate surface area is 193 Å². The first-order valence-corrected chi connectivity index (χ1v) is 11.6. The number of aliphatic hydroxyl groups is 1. The van der Waals surface area contributed by atoms with Gasteiger partial charge in [0, 0.05) is 25.7 Å². The van der Waals surface area contributed by atoms with E-state index in [4.69, 9.17) is 22.8 Å². The molecule has 0 unspecified atom stereocenters. The Morgan fingerprint density at radius 2 is 2.12 bits per heavy atom. The zero-order valence-corrected chi connectivity index (χ0v) is 18.8. The molecule has 1 aromatic heterocycles. The first-order chi connectivity index (χ1) is 15.4. The van der Waals surface area contributed by atoms with Gasteiger partial charge in [0.1, 0.15) is 5.82 Å². The number of pyridine rings is 1. The third kappa shape index (κ3) is 4.64. The van der Waals surface area contributed by atoms with Crippen molar-refractivity contribution >= 4 is 35.1 Å². The van der Waals surface area contributed by atoms with Crippen LogP contribution in [0.5, 0.6) is 0 Å². The minimum Gasteiger partial charge on any atom is -0.436 e. The van der Waals surface area contributed by atoms with Crippen molar-refractivity contribution in [1.82, 2.24) is 9.88 Å². The molecule has 0 radical (unpaired) electrons. The lowest BCUT2D eigenvalue weighted by Gasteiger charge is -2.41. The average Bonchev–Trinajstić information content (AvgIpc) is 3.08. The quantitative estimate of drug-likeness (QED) is 0.670. The number of ether oxygens (including phenoxy) is 1. The molecule has 1 aromatic rings. The molecule has 1 saturated carbocycles. The number of carbonyl (C=O) groups is 2. The first-order valence-electron chi connectivity index (χ1n) is 11.2. The van der Waals surface area contributed by atoms with Crippen LogP contribution in [0.4, 0.5) is 16.3 Å². The molecule has 2 aliphatic heterocycles. The van der Waals surface area contributed by atoms with E-state index < -0.39 is 11.5 Å². The van der Waals surface area contributed by atoms with E-state index in [1.165, 1.54) is 6.20 Å². The van der Waals surface area contributed by atoms with Gasteiger partial charge in [-0.1, -0.05) is 17.5 Å². The average molecular weight is 461 g/mol. The van der Waals surface area contributed by atoms with Gasteiger partial charge in [-0.05, 0) is 51.0 Å². The van der Waals surface area contributed by atoms with Crippen LogP contribution in [0, 0.1) is 17.8 Å². The van der Waals surface area contributed by atoms with E-state index in [2.05, 4.69) is 26.0 Å². The van der Waals surface area contributed by atoms with Crippen molar-refractivity contribution in [3.63, 3.8) is 0 Å². The van der Waals surface area contributed by atoms with Crippen LogP contribution in [0.15, 0.2) is 12.3 Å². The molecule has 1 atom stereocenters. The van der Waals surface area contributed by atoms with Gasteiger partial charge in [-0.3, -0.25) is 10.1 Å². The molecule has 0 bridgehead atoms. The number of aliphatic hydroxyl groups excluding tert-OH is 1. The van der Waals surface area contributed by atoms with E-state index >= 15 is 0 Å². The van der Waals surface area contributed by atoms with Crippen molar-refractivity contribution in [1.29, 1.82) is 0 Å². The van der Waals surface area contributed by atoms with Crippen molar-refractivity contribution in [3.05, 3.63) is 17.3 Å². The maximum absolute atomic E-state index is 13.5. The lowest BCUT2D eigenvalue weighted by molar-refractivity contribution is -0.139. The molecule has 3 aliphatic rings. The van der Waals surface area contributed by atoms with Crippen LogP contribution < -0.4 is 10.2 Å². The molecule has 2 amide bonds. The standard InChI is InChI=1S/C23H29ClN4O4/c1-2-12-32-22(31)26-16-13-19(24)20(25-14-16)27-10-3-8-23(15-27)9-11-28(21(23)30)17-4-6-18(29)7-5-17/h1,13-14,17-18,29H,3-12,15H2,(H,26,31)/t17?,18?,23-/m0/s1. The van der Waals surface area contributed by atoms with E-state index in [0.29, 0.717) is 23.1 Å². The molecule has 9 heteroatoms. The number of piperidine rings is 1. The number of amides is 2. The number of likely N-dealkylation sites (tertiary alicyclic amines) is 1. The number of hydrogen-bond donors (Lipinski definition) is 2. The summed E-state index contributed by atoms with van der Waals surface area (Å²) in [5, 5.41) is 12.8. The molecule has 32 heavy (non-hydrogen) atoms. The van der Waals surface area contributed by atoms with Crippen molar-refractivity contribution in [2.75, 3.05) is 36.5 Å². The summed E-state index contributed by atoms with van der Waals surface area (Å²) < 4.78 is 4.80. The molecular formula is C23H29ClN4O4. The molecule has 2 saturated heterocycles. The number of nitrogens with zero attached hydrogens (tertiary/aromatic N) is 3. The number of anilines is 2. The Hall–Kier alpha value is -2.50. The Morgan fingerprint density at radius 1 is 1.34 bits per heavy atom. The number of carbonyl (C=O) groups excluding carboxylic acids is 2. The summed E-state index contributed by atoms with van der Waals surface area (Å²) in [4.78, 5) is 33.8. The summed E-state index contributed by atoms with van der Waals surface area (Å²) in [5.41, 5.74) is 0.00466. The van der Waals surface area contributed by atoms with Crippen molar-refractivity contribution in [2.45, 2.75) is 57.1 Å². The van der Waals surface area contributed by atoms with Crippen LogP contribution in [0.25, 0.3) is 0 Å². The van der Waals surface area contributed by atoms with E-state index in [1.54, 1.807) is 6.07 Å². The highest BCUT2D eigenvalue weighted by Crippen LogP contribution is 2.44. The van der Waals surface area contributed by atoms with Gasteiger partial charge in [0.15, 0.2) is 6.61 Å². The first kappa shape index (κ1) is 22.7. The smallest absolute Gasteiger partial charge is 0.412 e. The molecule has 1 spiro atoms. The predicted octanol–water partition coefficient (Wildman–Crippen LogP) is 3.04. The fraction of sp³-hybridized carbons (Fsp3) is 0.609. The summed E-state index contributed by atoms with van der Waals surface area (Å²) in [7, 11) is 0. The van der Waals surface area contributed by atoms with Gasteiger partial charge < -0.3 is 19.6 Å². The highest BCUT2D eigenvalue weighted by molar-refractivity contribution is 6.33. The van der Waals surface area contributed by atoms with Gasteiger partial charge in [0.25, 0.3) is 0 Å². The summed E-state index contributed by atoms with van der Waals surface area (Å²) >= 11 is 6.50. The Balaban J connectivity index is 1.43. The normalized spacial score (nSPS) is 28.0. The Kier molecular flexibility index (Phi) is 6.77. The molecule has 1 aliphatic carbocycles. The van der Waals surface area contributed by atoms with Gasteiger partial charge in [0.2, 0.25) is 5.91 Å². The van der Waals surface area contributed by atoms with E-state index in [1.807, 2.05) is 0 Å². The second-order valence-corrected chi connectivity index (χ2v) is 9.36. The maximum atomic E-state index is 13.5. The van der Waals surface area contributed by atoms with Gasteiger partial charge in [-0.15, -0.1) is 6.42 Å². The summed E-state index contributed by atoms with van der Waals surface area (Å²) in [6.45, 7) is 2.01. The van der Waals surface area contributed by atoms with Crippen LogP contribution in [-0.4, -0.2) is 65.4 Å². The Morgan fingerprint density at radius 3 is 2.84 bits per heavy atom. The van der Waals surface area contributed by atoms with Crippen molar-refractivity contribution in [2.24, 2.45) is 5.41 Å². The number of nitrogens with one attached hydrogen (secondary N) is 1. The second-order valence-electron chi connectivity index (χ2n) is 8.95. The lowest BCUT2D eigenvalue weighted by Crippen LogP contribution is -2.50. The Bertz CT molecular complexity index is 912. The molecule has 172 valence electrons. The summed E-state index contributed by atoms with van der Waals surface area (Å²) in [6, 6.07) is 1.86. The molecule has 8 nitrogen and oxygen atoms in total. The van der Waals surface area contributed by atoms with Gasteiger partial charge in [-0.2, -0.15) is 0 Å². The molecular weight excluding hydrogens is 432 g/mol. The topological polar surface area (TPSA) is 95.0 Å². The molecule has 0 aromatic carbocycles. The predicted molar refractivity (Wildman–Crippen MR) is 122 cm³/mol. The third-order valence-corrected chi connectivity index (χ3v) is 7.16. The van der Waals surface area contributed by atoms with Crippen LogP contribution >= 0.6 is 11.6 Å². The van der Waals surface area contributed by atoms with Gasteiger partial charge in [0.05, 0.1) is 28.4 Å². The largest absolute Gasteiger partial charge is 0.436 e. The fourth-order valence-corrected chi connectivity index (χ4v) is 5.54. The number of rotatable bonds is 4. The van der Waals surface area contributed by atoms with Crippen LogP contribution in [-0.2, 0) is 9.53 Å². The SMILES string of the molecule is C#CCOC(=O)Nc1cnc(N2CCC[C@]3(CCN(C4CCC(O)CC4)C3=O)C2)c(Cl)c1. The second kappa shape index (κ2) is 9.55. The fourth-order valence-electron chi connectivity index (χ4n) is 5.25. The monoisotopic (exact) mass is 460 g/mol. The zero-order valence-electron chi connectivity index (χ0n) is 18.1. The molecule has 2 N–H and O–H groups in total. The minimum absolute atomic E-state index is 0.118. The number of halogens is 1.